The van der Waals surface area contributed by atoms with Crippen molar-refractivity contribution in [3.05, 3.63) is 68.2 Å². The predicted octanol–water partition coefficient (Wildman–Crippen LogP) is 4.35. The van der Waals surface area contributed by atoms with Gasteiger partial charge in [0.25, 0.3) is 5.69 Å². The molecule has 1 N–H and O–H groups in total. The molecule has 0 aliphatic heterocycles. The van der Waals surface area contributed by atoms with Crippen LogP contribution < -0.4 is 5.43 Å². The summed E-state index contributed by atoms with van der Waals surface area (Å²) in [6.45, 7) is 0. The van der Waals surface area contributed by atoms with Gasteiger partial charge in [-0.3, -0.25) is 15.5 Å². The number of nitrogens with zero attached hydrogens (tertiary/aromatic N) is 2. The van der Waals surface area contributed by atoms with E-state index in [1.807, 2.05) is 30.3 Å². The molecule has 0 aromatic heterocycles. The molecule has 0 bridgehead atoms. The third-order valence-corrected chi connectivity index (χ3v) is 3.06. The molecule has 0 radical (unpaired) electrons. The molecule has 0 unspecified atom stereocenters. The average Bonchev–Trinajstić information content (AvgIpc) is 2.42. The Hall–Kier alpha value is -2.11. The van der Waals surface area contributed by atoms with Crippen LogP contribution in [-0.2, 0) is 0 Å². The Labute approximate surface area is 125 Å². The van der Waals surface area contributed by atoms with Gasteiger partial charge in [-0.2, -0.15) is 5.10 Å². The van der Waals surface area contributed by atoms with E-state index in [-0.39, 0.29) is 10.7 Å². The fourth-order valence-corrected chi connectivity index (χ4v) is 1.98. The van der Waals surface area contributed by atoms with Crippen LogP contribution in [0.3, 0.4) is 0 Å². The van der Waals surface area contributed by atoms with E-state index in [9.17, 15) is 10.1 Å². The van der Waals surface area contributed by atoms with E-state index in [0.29, 0.717) is 10.6 Å². The van der Waals surface area contributed by atoms with Crippen LogP contribution in [0.2, 0.25) is 10.0 Å². The molecule has 0 aliphatic carbocycles. The number of benzene rings is 2. The Bertz CT molecular complexity index is 660. The lowest BCUT2D eigenvalue weighted by Gasteiger charge is -2.02. The van der Waals surface area contributed by atoms with E-state index >= 15 is 0 Å². The highest BCUT2D eigenvalue weighted by molar-refractivity contribution is 6.37. The second kappa shape index (κ2) is 6.36. The quantitative estimate of drug-likeness (QED) is 0.518. The molecule has 0 aliphatic rings. The maximum Gasteiger partial charge on any atom is 0.288 e. The number of halogens is 2. The van der Waals surface area contributed by atoms with Gasteiger partial charge >= 0.3 is 0 Å². The Morgan fingerprint density at radius 1 is 1.15 bits per heavy atom. The Morgan fingerprint density at radius 2 is 1.85 bits per heavy atom. The predicted molar refractivity (Wildman–Crippen MR) is 80.8 cm³/mol. The molecule has 7 heteroatoms. The first-order chi connectivity index (χ1) is 9.58. The van der Waals surface area contributed by atoms with Crippen molar-refractivity contribution < 1.29 is 4.92 Å². The lowest BCUT2D eigenvalue weighted by atomic mass is 10.2. The van der Waals surface area contributed by atoms with Crippen molar-refractivity contribution in [3.63, 3.8) is 0 Å². The lowest BCUT2D eigenvalue weighted by Crippen LogP contribution is -1.94. The number of para-hydroxylation sites is 1. The lowest BCUT2D eigenvalue weighted by molar-refractivity contribution is -0.384. The van der Waals surface area contributed by atoms with E-state index in [4.69, 9.17) is 23.2 Å². The van der Waals surface area contributed by atoms with Gasteiger partial charge in [-0.15, -0.1) is 0 Å². The third-order valence-electron chi connectivity index (χ3n) is 2.43. The third kappa shape index (κ3) is 3.46. The number of hydrogen-bond donors (Lipinski definition) is 1. The van der Waals surface area contributed by atoms with Crippen LogP contribution in [0.5, 0.6) is 0 Å². The highest BCUT2D eigenvalue weighted by Gasteiger charge is 2.15. The minimum Gasteiger partial charge on any atom is -0.279 e. The van der Waals surface area contributed by atoms with Crippen molar-refractivity contribution in [2.45, 2.75) is 0 Å². The second-order valence-corrected chi connectivity index (χ2v) is 4.63. The molecule has 102 valence electrons. The van der Waals surface area contributed by atoms with Gasteiger partial charge in [-0.05, 0) is 18.2 Å². The molecule has 20 heavy (non-hydrogen) atoms. The van der Waals surface area contributed by atoms with Crippen LogP contribution >= 0.6 is 23.2 Å². The van der Waals surface area contributed by atoms with Crippen molar-refractivity contribution in [1.82, 2.24) is 0 Å². The van der Waals surface area contributed by atoms with Crippen molar-refractivity contribution in [2.24, 2.45) is 5.10 Å². The van der Waals surface area contributed by atoms with Gasteiger partial charge in [0.2, 0.25) is 0 Å². The summed E-state index contributed by atoms with van der Waals surface area (Å²) in [4.78, 5) is 10.2. The zero-order valence-corrected chi connectivity index (χ0v) is 11.6. The van der Waals surface area contributed by atoms with Crippen LogP contribution in [0, 0.1) is 10.1 Å². The molecule has 0 saturated heterocycles. The van der Waals surface area contributed by atoms with Gasteiger partial charge < -0.3 is 0 Å². The maximum absolute atomic E-state index is 10.8. The van der Waals surface area contributed by atoms with Crippen molar-refractivity contribution >= 4 is 40.8 Å². The number of nitro benzene ring substituents is 1. The summed E-state index contributed by atoms with van der Waals surface area (Å²) in [6, 6.07) is 11.9. The van der Waals surface area contributed by atoms with Crippen LogP contribution in [0.1, 0.15) is 5.56 Å². The van der Waals surface area contributed by atoms with Crippen LogP contribution in [-0.4, -0.2) is 11.1 Å². The van der Waals surface area contributed by atoms with E-state index < -0.39 is 4.92 Å². The van der Waals surface area contributed by atoms with E-state index in [0.717, 1.165) is 5.69 Å². The normalized spacial score (nSPS) is 10.7. The summed E-state index contributed by atoms with van der Waals surface area (Å²) >= 11 is 11.7. The van der Waals surface area contributed by atoms with Crippen LogP contribution in [0.15, 0.2) is 47.6 Å². The van der Waals surface area contributed by atoms with Gasteiger partial charge in [0.1, 0.15) is 5.02 Å². The zero-order valence-electron chi connectivity index (χ0n) is 10.1. The first-order valence-corrected chi connectivity index (χ1v) is 6.31. The van der Waals surface area contributed by atoms with Gasteiger partial charge in [-0.1, -0.05) is 41.4 Å². The van der Waals surface area contributed by atoms with Gasteiger partial charge in [0.05, 0.1) is 21.8 Å². The molecule has 0 spiro atoms. The Kier molecular flexibility index (Phi) is 4.55. The number of anilines is 1. The highest BCUT2D eigenvalue weighted by Crippen LogP contribution is 2.29. The number of nitrogens with one attached hydrogen (secondary N) is 1. The summed E-state index contributed by atoms with van der Waals surface area (Å²) in [6.07, 6.45) is 1.40. The fourth-order valence-electron chi connectivity index (χ4n) is 1.48. The molecule has 2 aromatic carbocycles. The maximum atomic E-state index is 10.8. The SMILES string of the molecule is O=[N+]([O-])c1cc(C=NNc2ccccc2)c(Cl)cc1Cl. The highest BCUT2D eigenvalue weighted by atomic mass is 35.5. The fraction of sp³-hybridized carbons (Fsp3) is 0. The Balaban J connectivity index is 2.21. The number of hydrazone groups is 1. The van der Waals surface area contributed by atoms with E-state index in [2.05, 4.69) is 10.5 Å². The summed E-state index contributed by atoms with van der Waals surface area (Å²) in [7, 11) is 0. The molecule has 2 rings (SSSR count). The van der Waals surface area contributed by atoms with Crippen molar-refractivity contribution in [3.8, 4) is 0 Å². The summed E-state index contributed by atoms with van der Waals surface area (Å²) in [5, 5.41) is 15.1. The zero-order chi connectivity index (χ0) is 14.5. The van der Waals surface area contributed by atoms with Gasteiger partial charge in [0.15, 0.2) is 0 Å². The first kappa shape index (κ1) is 14.3. The standard InChI is InChI=1S/C13H9Cl2N3O2/c14-11-7-12(15)13(18(19)20)6-9(11)8-16-17-10-4-2-1-3-5-10/h1-8,17H. The monoisotopic (exact) mass is 309 g/mol. The second-order valence-electron chi connectivity index (χ2n) is 3.82. The van der Waals surface area contributed by atoms with E-state index in [1.165, 1.54) is 18.3 Å². The first-order valence-electron chi connectivity index (χ1n) is 5.55. The van der Waals surface area contributed by atoms with Crippen LogP contribution in [0.25, 0.3) is 0 Å². The summed E-state index contributed by atoms with van der Waals surface area (Å²) in [5.41, 5.74) is 3.78. The average molecular weight is 310 g/mol. The molecular weight excluding hydrogens is 301 g/mol. The molecule has 0 atom stereocenters. The topological polar surface area (TPSA) is 67.5 Å². The van der Waals surface area contributed by atoms with Crippen molar-refractivity contribution in [1.29, 1.82) is 0 Å². The number of hydrogen-bond acceptors (Lipinski definition) is 4. The van der Waals surface area contributed by atoms with Crippen molar-refractivity contribution in [2.75, 3.05) is 5.43 Å². The minimum atomic E-state index is -0.569. The summed E-state index contributed by atoms with van der Waals surface area (Å²) < 4.78 is 0. The van der Waals surface area contributed by atoms with Gasteiger partial charge in [-0.25, -0.2) is 0 Å². The summed E-state index contributed by atoms with van der Waals surface area (Å²) in [5.74, 6) is 0. The van der Waals surface area contributed by atoms with Gasteiger partial charge in [0, 0.05) is 11.6 Å². The number of rotatable bonds is 4. The molecular formula is C13H9Cl2N3O2. The molecule has 0 saturated carbocycles. The molecule has 2 aromatic rings. The minimum absolute atomic E-state index is 0.00633. The largest absolute Gasteiger partial charge is 0.288 e. The van der Waals surface area contributed by atoms with E-state index in [1.54, 1.807) is 0 Å². The molecule has 0 heterocycles. The number of nitro groups is 1. The smallest absolute Gasteiger partial charge is 0.279 e. The molecule has 5 nitrogen and oxygen atoms in total. The molecule has 0 fully saturated rings. The Morgan fingerprint density at radius 3 is 2.50 bits per heavy atom. The molecule has 0 amide bonds. The van der Waals surface area contributed by atoms with Crippen LogP contribution in [0.4, 0.5) is 11.4 Å².